The molecule has 0 aromatic heterocycles. The minimum atomic E-state index is 0.357. The van der Waals surface area contributed by atoms with Gasteiger partial charge in [-0.15, -0.1) is 23.4 Å². The molecule has 0 aromatic rings. The van der Waals surface area contributed by atoms with Gasteiger partial charge in [-0.2, -0.15) is 0 Å². The molecule has 0 unspecified atom stereocenters. The summed E-state index contributed by atoms with van der Waals surface area (Å²) >= 11 is 6.77. The third-order valence-corrected chi connectivity index (χ3v) is 1.61. The Bertz CT molecular complexity index is 60.0. The van der Waals surface area contributed by atoms with Crippen LogP contribution in [0.25, 0.3) is 0 Å². The van der Waals surface area contributed by atoms with E-state index in [9.17, 15) is 4.79 Å². The van der Waals surface area contributed by atoms with E-state index in [1.807, 2.05) is 0 Å². The van der Waals surface area contributed by atoms with Gasteiger partial charge < -0.3 is 4.74 Å². The van der Waals surface area contributed by atoms with E-state index >= 15 is 0 Å². The molecule has 0 fully saturated rings. The molecule has 8 heavy (non-hydrogen) atoms. The molecule has 0 saturated carbocycles. The van der Waals surface area contributed by atoms with Crippen molar-refractivity contribution in [3.05, 3.63) is 0 Å². The summed E-state index contributed by atoms with van der Waals surface area (Å²) in [6.45, 7) is 1.31. The summed E-state index contributed by atoms with van der Waals surface area (Å²) in [6.07, 6.45) is 0. The molecule has 0 heterocycles. The molecule has 2 nitrogen and oxygen atoms in total. The smallest absolute Gasteiger partial charge is 0.418 e. The molecule has 0 bridgehead atoms. The van der Waals surface area contributed by atoms with Crippen LogP contribution >= 0.6 is 23.4 Å². The van der Waals surface area contributed by atoms with Gasteiger partial charge in [-0.25, -0.2) is 4.79 Å². The number of halogens is 1. The Morgan fingerprint density at radius 2 is 2.50 bits per heavy atom. The molecule has 0 amide bonds. The maximum absolute atomic E-state index is 9.37. The summed E-state index contributed by atoms with van der Waals surface area (Å²) in [5.41, 5.74) is 0. The van der Waals surface area contributed by atoms with E-state index in [-0.39, 0.29) is 0 Å². The molecule has 0 N–H and O–H groups in total. The Labute approximate surface area is 57.5 Å². The molecule has 0 aromatic carbocycles. The summed E-state index contributed by atoms with van der Waals surface area (Å²) in [6, 6.07) is 0. The Morgan fingerprint density at radius 3 is 3.00 bits per heavy atom. The average molecular weight is 154 g/mol. The Hall–Kier alpha value is 0.110. The van der Waals surface area contributed by atoms with Gasteiger partial charge in [0, 0.05) is 11.6 Å². The summed E-state index contributed by atoms with van der Waals surface area (Å²) in [5, 5.41) is 0. The molecule has 0 spiro atoms. The first kappa shape index (κ1) is 8.11. The van der Waals surface area contributed by atoms with Gasteiger partial charge in [-0.1, -0.05) is 0 Å². The lowest BCUT2D eigenvalue weighted by Crippen LogP contribution is -1.87. The normalized spacial score (nSPS) is 8.62. The van der Waals surface area contributed by atoms with Crippen molar-refractivity contribution in [2.75, 3.05) is 17.6 Å². The molecular formula is C4H6ClO2S. The van der Waals surface area contributed by atoms with Crippen molar-refractivity contribution in [3.63, 3.8) is 0 Å². The molecule has 0 rings (SSSR count). The molecular weight excluding hydrogens is 148 g/mol. The predicted molar refractivity (Wildman–Crippen MR) is 34.8 cm³/mol. The fourth-order valence-corrected chi connectivity index (χ4v) is 0.865. The standard InChI is InChI=1S/C4H6ClO2S/c5-1-2-8-4-7-3-6/h1-2,4H2. The number of hydrogen-bond acceptors (Lipinski definition) is 3. The van der Waals surface area contributed by atoms with Crippen LogP contribution in [0, 0.1) is 0 Å². The second kappa shape index (κ2) is 7.11. The van der Waals surface area contributed by atoms with Gasteiger partial charge in [0.1, 0.15) is 5.94 Å². The van der Waals surface area contributed by atoms with Crippen LogP contribution in [0.3, 0.4) is 0 Å². The van der Waals surface area contributed by atoms with E-state index in [0.29, 0.717) is 11.8 Å². The third-order valence-electron chi connectivity index (χ3n) is 0.423. The molecule has 0 saturated heterocycles. The second-order valence-electron chi connectivity index (χ2n) is 0.943. The highest BCUT2D eigenvalue weighted by atomic mass is 35.5. The summed E-state index contributed by atoms with van der Waals surface area (Å²) in [7, 11) is 0. The summed E-state index contributed by atoms with van der Waals surface area (Å²) < 4.78 is 4.23. The fourth-order valence-electron chi connectivity index (χ4n) is 0.179. The van der Waals surface area contributed by atoms with Crippen LogP contribution in [0.2, 0.25) is 0 Å². The van der Waals surface area contributed by atoms with Crippen molar-refractivity contribution in [1.82, 2.24) is 0 Å². The molecule has 0 aliphatic carbocycles. The van der Waals surface area contributed by atoms with E-state index in [4.69, 9.17) is 11.6 Å². The number of thioether (sulfide) groups is 1. The van der Waals surface area contributed by atoms with Crippen molar-refractivity contribution < 1.29 is 9.53 Å². The van der Waals surface area contributed by atoms with Gasteiger partial charge >= 0.3 is 6.47 Å². The Kier molecular flexibility index (Phi) is 7.21. The van der Waals surface area contributed by atoms with Gasteiger partial charge in [0.05, 0.1) is 0 Å². The highest BCUT2D eigenvalue weighted by Crippen LogP contribution is 1.98. The highest BCUT2D eigenvalue weighted by molar-refractivity contribution is 7.99. The van der Waals surface area contributed by atoms with Crippen molar-refractivity contribution in [2.24, 2.45) is 0 Å². The van der Waals surface area contributed by atoms with Gasteiger partial charge in [-0.05, 0) is 0 Å². The predicted octanol–water partition coefficient (Wildman–Crippen LogP) is 1.000. The summed E-state index contributed by atoms with van der Waals surface area (Å²) in [5.74, 6) is 1.76. The molecule has 47 valence electrons. The van der Waals surface area contributed by atoms with E-state index in [0.717, 1.165) is 5.75 Å². The number of hydrogen-bond donors (Lipinski definition) is 0. The zero-order chi connectivity index (χ0) is 6.24. The first-order valence-corrected chi connectivity index (χ1v) is 3.73. The van der Waals surface area contributed by atoms with E-state index in [1.54, 1.807) is 0 Å². The third kappa shape index (κ3) is 6.11. The lowest BCUT2D eigenvalue weighted by atomic mass is 11.0. The minimum Gasteiger partial charge on any atom is -0.446 e. The molecule has 0 aliphatic rings. The lowest BCUT2D eigenvalue weighted by Gasteiger charge is -1.92. The first-order valence-electron chi connectivity index (χ1n) is 2.04. The van der Waals surface area contributed by atoms with Crippen LogP contribution in [0.4, 0.5) is 0 Å². The summed E-state index contributed by atoms with van der Waals surface area (Å²) in [4.78, 5) is 9.37. The average Bonchev–Trinajstić information content (AvgIpc) is 1.81. The quantitative estimate of drug-likeness (QED) is 0.335. The van der Waals surface area contributed by atoms with Crippen molar-refractivity contribution >= 4 is 29.8 Å². The van der Waals surface area contributed by atoms with Crippen LogP contribution in [-0.2, 0) is 9.53 Å². The maximum atomic E-state index is 9.37. The zero-order valence-corrected chi connectivity index (χ0v) is 5.80. The van der Waals surface area contributed by atoms with Crippen LogP contribution in [0.15, 0.2) is 0 Å². The monoisotopic (exact) mass is 153 g/mol. The van der Waals surface area contributed by atoms with Gasteiger partial charge in [-0.3, -0.25) is 0 Å². The number of carbonyl (C=O) groups excluding carboxylic acids is 1. The fraction of sp³-hybridized carbons (Fsp3) is 0.750. The van der Waals surface area contributed by atoms with E-state index in [2.05, 4.69) is 4.74 Å². The van der Waals surface area contributed by atoms with Crippen molar-refractivity contribution in [1.29, 1.82) is 0 Å². The van der Waals surface area contributed by atoms with Gasteiger partial charge in [0.25, 0.3) is 0 Å². The van der Waals surface area contributed by atoms with Crippen LogP contribution in [0.1, 0.15) is 0 Å². The first-order chi connectivity index (χ1) is 3.91. The molecule has 0 aliphatic heterocycles. The van der Waals surface area contributed by atoms with Crippen LogP contribution < -0.4 is 0 Å². The maximum Gasteiger partial charge on any atom is 0.418 e. The molecule has 1 radical (unpaired) electrons. The minimum absolute atomic E-state index is 0.357. The van der Waals surface area contributed by atoms with Gasteiger partial charge in [0.15, 0.2) is 0 Å². The molecule has 4 heteroatoms. The van der Waals surface area contributed by atoms with Crippen LogP contribution in [0.5, 0.6) is 0 Å². The second-order valence-corrected chi connectivity index (χ2v) is 2.37. The molecule has 0 atom stereocenters. The zero-order valence-electron chi connectivity index (χ0n) is 4.22. The number of rotatable bonds is 5. The lowest BCUT2D eigenvalue weighted by molar-refractivity contribution is 0.337. The number of alkyl halides is 1. The Morgan fingerprint density at radius 1 is 1.75 bits per heavy atom. The van der Waals surface area contributed by atoms with E-state index < -0.39 is 0 Å². The SMILES string of the molecule is O=[C]OCSCCCl. The van der Waals surface area contributed by atoms with Crippen LogP contribution in [-0.4, -0.2) is 24.0 Å². The van der Waals surface area contributed by atoms with E-state index in [1.165, 1.54) is 18.2 Å². The Balaban J connectivity index is 2.62. The largest absolute Gasteiger partial charge is 0.446 e. The van der Waals surface area contributed by atoms with Gasteiger partial charge in [0.2, 0.25) is 0 Å². The van der Waals surface area contributed by atoms with Crippen molar-refractivity contribution in [3.8, 4) is 0 Å². The topological polar surface area (TPSA) is 26.3 Å². The highest BCUT2D eigenvalue weighted by Gasteiger charge is 1.84. The van der Waals surface area contributed by atoms with Crippen molar-refractivity contribution in [2.45, 2.75) is 0 Å². The number of ether oxygens (including phenoxy) is 1.